The predicted octanol–water partition coefficient (Wildman–Crippen LogP) is 4.64. The first-order valence-corrected chi connectivity index (χ1v) is 6.33. The maximum absolute atomic E-state index is 12.5. The summed E-state index contributed by atoms with van der Waals surface area (Å²) < 4.78 is 38.2. The number of rotatable bonds is 1. The molecule has 0 aromatic carbocycles. The third kappa shape index (κ3) is 2.78. The van der Waals surface area contributed by atoms with Crippen molar-refractivity contribution in [2.24, 2.45) is 0 Å². The Morgan fingerprint density at radius 3 is 2.47 bits per heavy atom. The van der Waals surface area contributed by atoms with Crippen LogP contribution in [0.4, 0.5) is 13.2 Å². The summed E-state index contributed by atoms with van der Waals surface area (Å²) in [6.07, 6.45) is -4.61. The van der Waals surface area contributed by atoms with Crippen LogP contribution in [-0.4, -0.2) is 9.97 Å². The first kappa shape index (κ1) is 12.8. The van der Waals surface area contributed by atoms with E-state index >= 15 is 0 Å². The van der Waals surface area contributed by atoms with Gasteiger partial charge in [-0.15, -0.1) is 0 Å². The highest BCUT2D eigenvalue weighted by Crippen LogP contribution is 2.34. The lowest BCUT2D eigenvalue weighted by Gasteiger charge is -2.07. The van der Waals surface area contributed by atoms with Gasteiger partial charge in [-0.05, 0) is 15.9 Å². The molecule has 0 aliphatic heterocycles. The van der Waals surface area contributed by atoms with Crippen LogP contribution in [0.1, 0.15) is 5.82 Å². The number of hydrogen-bond acceptors (Lipinski definition) is 3. The molecule has 2 nitrogen and oxygen atoms in total. The van der Waals surface area contributed by atoms with Gasteiger partial charge in [0.1, 0.15) is 5.15 Å². The fourth-order valence-electron chi connectivity index (χ4n) is 1.15. The molecule has 2 heterocycles. The van der Waals surface area contributed by atoms with Crippen molar-refractivity contribution < 1.29 is 13.2 Å². The van der Waals surface area contributed by atoms with E-state index in [0.29, 0.717) is 10.0 Å². The molecule has 0 saturated heterocycles. The van der Waals surface area contributed by atoms with Crippen LogP contribution in [0.15, 0.2) is 21.3 Å². The van der Waals surface area contributed by atoms with E-state index in [9.17, 15) is 13.2 Å². The smallest absolute Gasteiger partial charge is 0.224 e. The van der Waals surface area contributed by atoms with Gasteiger partial charge in [0.25, 0.3) is 0 Å². The largest absolute Gasteiger partial charge is 0.451 e. The topological polar surface area (TPSA) is 25.8 Å². The molecule has 0 saturated carbocycles. The van der Waals surface area contributed by atoms with Gasteiger partial charge in [0.15, 0.2) is 0 Å². The molecule has 0 N–H and O–H groups in total. The lowest BCUT2D eigenvalue weighted by molar-refractivity contribution is -0.144. The van der Waals surface area contributed by atoms with E-state index in [-0.39, 0.29) is 10.8 Å². The monoisotopic (exact) mass is 342 g/mol. The highest BCUT2D eigenvalue weighted by atomic mass is 79.9. The molecule has 0 radical (unpaired) electrons. The second kappa shape index (κ2) is 4.55. The van der Waals surface area contributed by atoms with Crippen molar-refractivity contribution >= 4 is 38.9 Å². The SMILES string of the molecule is FC(F)(F)c1nc(Cl)cc(-c2cscc2Br)n1. The van der Waals surface area contributed by atoms with E-state index < -0.39 is 12.0 Å². The summed E-state index contributed by atoms with van der Waals surface area (Å²) >= 11 is 10.1. The first-order valence-electron chi connectivity index (χ1n) is 4.22. The van der Waals surface area contributed by atoms with Gasteiger partial charge < -0.3 is 0 Å². The minimum Gasteiger partial charge on any atom is -0.224 e. The normalized spacial score (nSPS) is 11.8. The third-order valence-electron chi connectivity index (χ3n) is 1.84. The van der Waals surface area contributed by atoms with E-state index in [1.165, 1.54) is 17.4 Å². The second-order valence-corrected chi connectivity index (χ2v) is 5.02. The van der Waals surface area contributed by atoms with Crippen LogP contribution in [-0.2, 0) is 6.18 Å². The number of thiophene rings is 1. The minimum absolute atomic E-state index is 0.144. The third-order valence-corrected chi connectivity index (χ3v) is 3.74. The molecule has 2 rings (SSSR count). The van der Waals surface area contributed by atoms with Crippen LogP contribution in [0, 0.1) is 0 Å². The van der Waals surface area contributed by atoms with E-state index in [1.54, 1.807) is 10.8 Å². The van der Waals surface area contributed by atoms with Crippen molar-refractivity contribution in [1.29, 1.82) is 0 Å². The van der Waals surface area contributed by atoms with Crippen molar-refractivity contribution in [3.05, 3.63) is 32.3 Å². The second-order valence-electron chi connectivity index (χ2n) is 3.03. The average Bonchev–Trinajstić information content (AvgIpc) is 2.62. The number of aromatic nitrogens is 2. The quantitative estimate of drug-likeness (QED) is 0.705. The van der Waals surface area contributed by atoms with Crippen molar-refractivity contribution in [2.75, 3.05) is 0 Å². The lowest BCUT2D eigenvalue weighted by atomic mass is 10.2. The molecule has 0 aliphatic rings. The average molecular weight is 344 g/mol. The summed E-state index contributed by atoms with van der Waals surface area (Å²) in [5, 5.41) is 3.20. The molecule has 0 spiro atoms. The molecule has 0 bridgehead atoms. The summed E-state index contributed by atoms with van der Waals surface area (Å²) in [7, 11) is 0. The van der Waals surface area contributed by atoms with Gasteiger partial charge in [0.05, 0.1) is 5.69 Å². The molecule has 2 aromatic heterocycles. The Bertz CT molecular complexity index is 555. The zero-order chi connectivity index (χ0) is 12.6. The Hall–Kier alpha value is -0.660. The first-order chi connectivity index (χ1) is 7.88. The molecule has 17 heavy (non-hydrogen) atoms. The van der Waals surface area contributed by atoms with Crippen LogP contribution in [0.3, 0.4) is 0 Å². The standard InChI is InChI=1S/C9H3BrClF3N2S/c10-5-3-17-2-4(5)6-1-7(11)16-8(15-6)9(12,13)14/h1-3H. The van der Waals surface area contributed by atoms with Crippen LogP contribution in [0.5, 0.6) is 0 Å². The van der Waals surface area contributed by atoms with E-state index in [2.05, 4.69) is 25.9 Å². The van der Waals surface area contributed by atoms with Crippen molar-refractivity contribution in [1.82, 2.24) is 9.97 Å². The van der Waals surface area contributed by atoms with Gasteiger partial charge in [-0.1, -0.05) is 11.6 Å². The Morgan fingerprint density at radius 1 is 1.24 bits per heavy atom. The van der Waals surface area contributed by atoms with Crippen LogP contribution >= 0.6 is 38.9 Å². The molecular formula is C9H3BrClF3N2S. The zero-order valence-electron chi connectivity index (χ0n) is 7.92. The van der Waals surface area contributed by atoms with E-state index in [1.807, 2.05) is 0 Å². The number of halogens is 5. The number of alkyl halides is 3. The predicted molar refractivity (Wildman–Crippen MR) is 63.1 cm³/mol. The summed E-state index contributed by atoms with van der Waals surface area (Å²) in [6, 6.07) is 1.30. The zero-order valence-corrected chi connectivity index (χ0v) is 11.1. The van der Waals surface area contributed by atoms with Gasteiger partial charge in [-0.2, -0.15) is 24.5 Å². The van der Waals surface area contributed by atoms with Gasteiger partial charge in [0, 0.05) is 26.9 Å². The summed E-state index contributed by atoms with van der Waals surface area (Å²) in [6.45, 7) is 0. The maximum Gasteiger partial charge on any atom is 0.451 e. The molecule has 0 unspecified atom stereocenters. The fraction of sp³-hybridized carbons (Fsp3) is 0.111. The van der Waals surface area contributed by atoms with Crippen LogP contribution in [0.25, 0.3) is 11.3 Å². The van der Waals surface area contributed by atoms with Crippen molar-refractivity contribution in [3.8, 4) is 11.3 Å². The molecule has 0 amide bonds. The Balaban J connectivity index is 2.57. The van der Waals surface area contributed by atoms with Gasteiger partial charge >= 0.3 is 6.18 Å². The van der Waals surface area contributed by atoms with Crippen molar-refractivity contribution in [3.63, 3.8) is 0 Å². The van der Waals surface area contributed by atoms with Crippen LogP contribution < -0.4 is 0 Å². The summed E-state index contributed by atoms with van der Waals surface area (Å²) in [5.41, 5.74) is 0.704. The molecule has 8 heteroatoms. The molecular weight excluding hydrogens is 341 g/mol. The van der Waals surface area contributed by atoms with Gasteiger partial charge in [0.2, 0.25) is 5.82 Å². The fourth-order valence-corrected chi connectivity index (χ4v) is 2.82. The van der Waals surface area contributed by atoms with Gasteiger partial charge in [-0.3, -0.25) is 0 Å². The van der Waals surface area contributed by atoms with E-state index in [0.717, 1.165) is 0 Å². The highest BCUT2D eigenvalue weighted by molar-refractivity contribution is 9.10. The Kier molecular flexibility index (Phi) is 3.42. The molecule has 0 aliphatic carbocycles. The minimum atomic E-state index is -4.61. The Morgan fingerprint density at radius 2 is 1.94 bits per heavy atom. The van der Waals surface area contributed by atoms with Crippen molar-refractivity contribution in [2.45, 2.75) is 6.18 Å². The van der Waals surface area contributed by atoms with E-state index in [4.69, 9.17) is 11.6 Å². The molecule has 0 fully saturated rings. The Labute approximate surface area is 112 Å². The molecule has 0 atom stereocenters. The summed E-state index contributed by atoms with van der Waals surface area (Å²) in [4.78, 5) is 6.63. The summed E-state index contributed by atoms with van der Waals surface area (Å²) in [5.74, 6) is -1.24. The molecule has 90 valence electrons. The lowest BCUT2D eigenvalue weighted by Crippen LogP contribution is -2.11. The number of hydrogen-bond donors (Lipinski definition) is 0. The van der Waals surface area contributed by atoms with Crippen LogP contribution in [0.2, 0.25) is 5.15 Å². The molecule has 2 aromatic rings. The van der Waals surface area contributed by atoms with Gasteiger partial charge in [-0.25, -0.2) is 9.97 Å². The highest BCUT2D eigenvalue weighted by Gasteiger charge is 2.35. The maximum atomic E-state index is 12.5. The number of nitrogens with zero attached hydrogens (tertiary/aromatic N) is 2.